The molecule has 0 bridgehead atoms. The van der Waals surface area contributed by atoms with E-state index in [0.717, 1.165) is 33.3 Å². The zero-order valence-electron chi connectivity index (χ0n) is 22.2. The second-order valence-electron chi connectivity index (χ2n) is 9.61. The van der Waals surface area contributed by atoms with E-state index in [2.05, 4.69) is 47.8 Å². The van der Waals surface area contributed by atoms with Crippen LogP contribution in [0.3, 0.4) is 0 Å². The van der Waals surface area contributed by atoms with Gasteiger partial charge in [-0.25, -0.2) is 4.39 Å². The lowest BCUT2D eigenvalue weighted by molar-refractivity contribution is -0.149. The molecule has 7 nitrogen and oxygen atoms in total. The highest BCUT2D eigenvalue weighted by Crippen LogP contribution is 2.33. The van der Waals surface area contributed by atoms with Gasteiger partial charge < -0.3 is 24.5 Å². The van der Waals surface area contributed by atoms with Gasteiger partial charge in [-0.1, -0.05) is 6.07 Å². The number of ether oxygens (including phenoxy) is 3. The van der Waals surface area contributed by atoms with Gasteiger partial charge in [-0.15, -0.1) is 0 Å². The average Bonchev–Trinajstić information content (AvgIpc) is 3.33. The summed E-state index contributed by atoms with van der Waals surface area (Å²) in [5, 5.41) is 1.11. The normalized spacial score (nSPS) is 12.2. The van der Waals surface area contributed by atoms with Crippen molar-refractivity contribution >= 4 is 16.9 Å². The molecule has 0 saturated heterocycles. The maximum absolute atomic E-state index is 14.2. The van der Waals surface area contributed by atoms with Crippen molar-refractivity contribution in [3.63, 3.8) is 0 Å². The molecular weight excluding hydrogens is 485 g/mol. The van der Waals surface area contributed by atoms with Gasteiger partial charge in [-0.05, 0) is 73.9 Å². The van der Waals surface area contributed by atoms with E-state index in [0.29, 0.717) is 24.5 Å². The Kier molecular flexibility index (Phi) is 8.76. The van der Waals surface area contributed by atoms with Gasteiger partial charge >= 0.3 is 5.97 Å². The lowest BCUT2D eigenvalue weighted by Gasteiger charge is -2.16. The van der Waals surface area contributed by atoms with Gasteiger partial charge in [0, 0.05) is 54.6 Å². The fourth-order valence-corrected chi connectivity index (χ4v) is 4.51. The van der Waals surface area contributed by atoms with Crippen molar-refractivity contribution in [3.05, 3.63) is 83.6 Å². The lowest BCUT2D eigenvalue weighted by Crippen LogP contribution is -2.21. The number of benzene rings is 2. The van der Waals surface area contributed by atoms with Gasteiger partial charge in [-0.3, -0.25) is 9.78 Å². The van der Waals surface area contributed by atoms with E-state index in [1.165, 1.54) is 12.1 Å². The number of esters is 1. The second kappa shape index (κ2) is 12.2. The first-order valence-electron chi connectivity index (χ1n) is 12.7. The molecule has 0 spiro atoms. The number of nitrogens with two attached hydrogens (primary N) is 1. The molecule has 0 aliphatic carbocycles. The number of fused-ring (bicyclic) bond motifs is 1. The number of methoxy groups -OCH3 is 1. The molecule has 200 valence electrons. The molecule has 0 amide bonds. The number of pyridine rings is 1. The van der Waals surface area contributed by atoms with Crippen LogP contribution in [0.15, 0.2) is 60.9 Å². The molecule has 0 fully saturated rings. The van der Waals surface area contributed by atoms with Crippen molar-refractivity contribution < 1.29 is 23.4 Å². The number of hydrogen-bond donors (Lipinski definition) is 1. The topological polar surface area (TPSA) is 88.6 Å². The third kappa shape index (κ3) is 6.38. The van der Waals surface area contributed by atoms with E-state index in [9.17, 15) is 9.18 Å². The fraction of sp³-hybridized carbons (Fsp3) is 0.333. The summed E-state index contributed by atoms with van der Waals surface area (Å²) < 4.78 is 32.9. The zero-order chi connectivity index (χ0) is 27.2. The molecule has 8 heteroatoms. The molecule has 2 aromatic carbocycles. The Labute approximate surface area is 222 Å². The van der Waals surface area contributed by atoms with Crippen molar-refractivity contribution in [1.29, 1.82) is 0 Å². The fourth-order valence-electron chi connectivity index (χ4n) is 4.51. The van der Waals surface area contributed by atoms with Crippen molar-refractivity contribution in [3.8, 4) is 16.9 Å². The molecule has 4 rings (SSSR count). The van der Waals surface area contributed by atoms with Crippen LogP contribution in [0.5, 0.6) is 5.75 Å². The Balaban J connectivity index is 1.65. The SMILES string of the molecule is COCC(C)OC(=O)Cc1ccc(F)cc1OCc1cc(-c2ccnc(CN)c2)c2ccn(C(C)C)c2c1. The van der Waals surface area contributed by atoms with Gasteiger partial charge in [0.05, 0.1) is 18.7 Å². The minimum absolute atomic E-state index is 0.0387. The summed E-state index contributed by atoms with van der Waals surface area (Å²) in [7, 11) is 1.54. The van der Waals surface area contributed by atoms with Crippen LogP contribution in [0.2, 0.25) is 0 Å². The molecule has 0 saturated carbocycles. The quantitative estimate of drug-likeness (QED) is 0.260. The van der Waals surface area contributed by atoms with Gasteiger partial charge in [-0.2, -0.15) is 0 Å². The van der Waals surface area contributed by atoms with E-state index in [-0.39, 0.29) is 25.2 Å². The number of hydrogen-bond acceptors (Lipinski definition) is 6. The van der Waals surface area contributed by atoms with Crippen LogP contribution in [-0.2, 0) is 33.8 Å². The number of carbonyl (C=O) groups excluding carboxylic acids is 1. The number of halogens is 1. The van der Waals surface area contributed by atoms with Crippen LogP contribution < -0.4 is 10.5 Å². The molecule has 2 heterocycles. The molecule has 4 aromatic rings. The van der Waals surface area contributed by atoms with E-state index < -0.39 is 11.8 Å². The maximum Gasteiger partial charge on any atom is 0.310 e. The summed E-state index contributed by atoms with van der Waals surface area (Å²) in [5.41, 5.74) is 11.2. The lowest BCUT2D eigenvalue weighted by atomic mass is 9.99. The van der Waals surface area contributed by atoms with Crippen molar-refractivity contribution in [2.45, 2.75) is 52.5 Å². The Hall–Kier alpha value is -3.75. The van der Waals surface area contributed by atoms with Crippen molar-refractivity contribution in [2.24, 2.45) is 5.73 Å². The predicted molar refractivity (Wildman–Crippen MR) is 145 cm³/mol. The van der Waals surface area contributed by atoms with Crippen LogP contribution in [0.1, 0.15) is 43.6 Å². The third-order valence-corrected chi connectivity index (χ3v) is 6.28. The van der Waals surface area contributed by atoms with Gasteiger partial charge in [0.25, 0.3) is 0 Å². The summed E-state index contributed by atoms with van der Waals surface area (Å²) in [6.45, 7) is 6.85. The molecule has 2 N–H and O–H groups in total. The predicted octanol–water partition coefficient (Wildman–Crippen LogP) is 5.58. The van der Waals surface area contributed by atoms with Crippen LogP contribution in [0.25, 0.3) is 22.0 Å². The summed E-state index contributed by atoms with van der Waals surface area (Å²) in [6.07, 6.45) is 3.42. The molecule has 0 aliphatic rings. The van der Waals surface area contributed by atoms with E-state index in [4.69, 9.17) is 19.9 Å². The molecule has 38 heavy (non-hydrogen) atoms. The Morgan fingerprint density at radius 3 is 2.66 bits per heavy atom. The largest absolute Gasteiger partial charge is 0.488 e. The van der Waals surface area contributed by atoms with Gasteiger partial charge in [0.15, 0.2) is 0 Å². The van der Waals surface area contributed by atoms with E-state index in [1.54, 1.807) is 26.3 Å². The van der Waals surface area contributed by atoms with E-state index >= 15 is 0 Å². The van der Waals surface area contributed by atoms with Crippen LogP contribution in [-0.4, -0.2) is 35.3 Å². The summed E-state index contributed by atoms with van der Waals surface area (Å²) in [6, 6.07) is 14.6. The molecule has 1 atom stereocenters. The number of aromatic nitrogens is 2. The first kappa shape index (κ1) is 27.3. The standard InChI is InChI=1S/C30H34FN3O4/c1-19(2)34-10-8-26-27(22-7-9-33-25(13-22)16-32)11-21(12-28(26)34)18-37-29-15-24(31)6-5-23(29)14-30(35)38-20(3)17-36-4/h5-13,15,19-20H,14,16-18,32H2,1-4H3. The molecular formula is C30H34FN3O4. The first-order valence-corrected chi connectivity index (χ1v) is 12.7. The molecule has 1 unspecified atom stereocenters. The summed E-state index contributed by atoms with van der Waals surface area (Å²) in [5.74, 6) is -0.574. The minimum Gasteiger partial charge on any atom is -0.488 e. The first-order chi connectivity index (χ1) is 18.3. The van der Waals surface area contributed by atoms with Crippen LogP contribution in [0, 0.1) is 5.82 Å². The number of carbonyl (C=O) groups is 1. The summed E-state index contributed by atoms with van der Waals surface area (Å²) in [4.78, 5) is 16.8. The van der Waals surface area contributed by atoms with E-state index in [1.807, 2.05) is 12.1 Å². The van der Waals surface area contributed by atoms with Crippen LogP contribution >= 0.6 is 0 Å². The van der Waals surface area contributed by atoms with Crippen LogP contribution in [0.4, 0.5) is 4.39 Å². The zero-order valence-corrected chi connectivity index (χ0v) is 22.2. The monoisotopic (exact) mass is 519 g/mol. The highest BCUT2D eigenvalue weighted by atomic mass is 19.1. The Bertz CT molecular complexity index is 1420. The number of rotatable bonds is 11. The molecule has 0 radical (unpaired) electrons. The third-order valence-electron chi connectivity index (χ3n) is 6.28. The highest BCUT2D eigenvalue weighted by molar-refractivity contribution is 5.96. The van der Waals surface area contributed by atoms with Gasteiger partial charge in [0.2, 0.25) is 0 Å². The Morgan fingerprint density at radius 2 is 1.92 bits per heavy atom. The minimum atomic E-state index is -0.444. The smallest absolute Gasteiger partial charge is 0.310 e. The maximum atomic E-state index is 14.2. The average molecular weight is 520 g/mol. The highest BCUT2D eigenvalue weighted by Gasteiger charge is 2.16. The van der Waals surface area contributed by atoms with Crippen molar-refractivity contribution in [1.82, 2.24) is 9.55 Å². The van der Waals surface area contributed by atoms with Crippen molar-refractivity contribution in [2.75, 3.05) is 13.7 Å². The Morgan fingerprint density at radius 1 is 1.11 bits per heavy atom. The van der Waals surface area contributed by atoms with Gasteiger partial charge in [0.1, 0.15) is 24.3 Å². The molecule has 2 aromatic heterocycles. The molecule has 0 aliphatic heterocycles. The number of nitrogens with zero attached hydrogens (tertiary/aromatic N) is 2. The summed E-state index contributed by atoms with van der Waals surface area (Å²) >= 11 is 0. The second-order valence-corrected chi connectivity index (χ2v) is 9.61.